The predicted octanol–water partition coefficient (Wildman–Crippen LogP) is 4.96. The number of alkyl halides is 3. The van der Waals surface area contributed by atoms with Gasteiger partial charge in [-0.15, -0.1) is 0 Å². The molecule has 0 radical (unpaired) electrons. The highest BCUT2D eigenvalue weighted by Gasteiger charge is 2.48. The molecular weight excluding hydrogens is 463 g/mol. The minimum Gasteiger partial charge on any atom is -0.497 e. The SMILES string of the molecule is COc1cccc(N2CCC(Oc3ccc(N4N=C(C(F)(F)F)[C@@H](C)[C@@H]4CC(=O)O)cc3)CC2)c1. The van der Waals surface area contributed by atoms with Gasteiger partial charge in [-0.2, -0.15) is 18.3 Å². The van der Waals surface area contributed by atoms with E-state index in [1.807, 2.05) is 24.3 Å². The van der Waals surface area contributed by atoms with Gasteiger partial charge in [-0.1, -0.05) is 13.0 Å². The van der Waals surface area contributed by atoms with E-state index in [9.17, 15) is 23.1 Å². The number of anilines is 2. The maximum atomic E-state index is 13.4. The van der Waals surface area contributed by atoms with Crippen LogP contribution < -0.4 is 19.4 Å². The molecule has 188 valence electrons. The minimum atomic E-state index is -4.62. The van der Waals surface area contributed by atoms with E-state index < -0.39 is 36.2 Å². The van der Waals surface area contributed by atoms with Gasteiger partial charge in [-0.3, -0.25) is 9.80 Å². The summed E-state index contributed by atoms with van der Waals surface area (Å²) in [4.78, 5) is 13.5. The van der Waals surface area contributed by atoms with Crippen molar-refractivity contribution in [3.8, 4) is 11.5 Å². The van der Waals surface area contributed by atoms with E-state index >= 15 is 0 Å². The molecule has 0 unspecified atom stereocenters. The minimum absolute atomic E-state index is 0.0177. The molecule has 2 heterocycles. The number of hydrogen-bond donors (Lipinski definition) is 1. The van der Waals surface area contributed by atoms with Crippen LogP contribution in [0.15, 0.2) is 53.6 Å². The van der Waals surface area contributed by atoms with E-state index in [1.54, 1.807) is 31.4 Å². The normalized spacial score (nSPS) is 21.1. The number of hydrazone groups is 1. The Morgan fingerprint density at radius 2 is 1.77 bits per heavy atom. The molecule has 0 spiro atoms. The summed E-state index contributed by atoms with van der Waals surface area (Å²) in [5.74, 6) is -0.816. The number of rotatable bonds is 7. The number of aliphatic carboxylic acids is 1. The van der Waals surface area contributed by atoms with Gasteiger partial charge >= 0.3 is 12.1 Å². The molecule has 4 rings (SSSR count). The maximum absolute atomic E-state index is 13.4. The lowest BCUT2D eigenvalue weighted by atomic mass is 9.94. The highest BCUT2D eigenvalue weighted by atomic mass is 19.4. The van der Waals surface area contributed by atoms with Gasteiger partial charge < -0.3 is 19.5 Å². The van der Waals surface area contributed by atoms with Crippen LogP contribution in [0, 0.1) is 5.92 Å². The van der Waals surface area contributed by atoms with Crippen LogP contribution in [0.3, 0.4) is 0 Å². The quantitative estimate of drug-likeness (QED) is 0.590. The fraction of sp³-hybridized carbons (Fsp3) is 0.440. The molecule has 0 aromatic heterocycles. The summed E-state index contributed by atoms with van der Waals surface area (Å²) >= 11 is 0. The average molecular weight is 492 g/mol. The Morgan fingerprint density at radius 3 is 2.37 bits per heavy atom. The zero-order valence-corrected chi connectivity index (χ0v) is 19.5. The van der Waals surface area contributed by atoms with E-state index in [0.29, 0.717) is 11.4 Å². The molecule has 2 aromatic rings. The van der Waals surface area contributed by atoms with Gasteiger partial charge in [0.1, 0.15) is 23.3 Å². The topological polar surface area (TPSA) is 74.6 Å². The first-order valence-electron chi connectivity index (χ1n) is 11.5. The molecule has 7 nitrogen and oxygen atoms in total. The second kappa shape index (κ2) is 10.1. The van der Waals surface area contributed by atoms with Gasteiger partial charge in [0.15, 0.2) is 0 Å². The fourth-order valence-electron chi connectivity index (χ4n) is 4.59. The van der Waals surface area contributed by atoms with Gasteiger partial charge in [-0.05, 0) is 36.4 Å². The Hall–Kier alpha value is -3.43. The smallest absolute Gasteiger partial charge is 0.431 e. The van der Waals surface area contributed by atoms with Gasteiger partial charge in [-0.25, -0.2) is 0 Å². The zero-order chi connectivity index (χ0) is 25.2. The third kappa shape index (κ3) is 5.63. The number of piperidine rings is 1. The van der Waals surface area contributed by atoms with Crippen molar-refractivity contribution in [2.75, 3.05) is 30.1 Å². The molecule has 0 aliphatic carbocycles. The highest BCUT2D eigenvalue weighted by molar-refractivity contribution is 5.95. The van der Waals surface area contributed by atoms with Crippen LogP contribution in [0.25, 0.3) is 0 Å². The molecule has 2 aliphatic rings. The Balaban J connectivity index is 1.40. The summed E-state index contributed by atoms with van der Waals surface area (Å²) in [7, 11) is 1.64. The van der Waals surface area contributed by atoms with E-state index in [2.05, 4.69) is 10.0 Å². The monoisotopic (exact) mass is 491 g/mol. The van der Waals surface area contributed by atoms with Gasteiger partial charge in [0.25, 0.3) is 0 Å². The van der Waals surface area contributed by atoms with Crippen molar-refractivity contribution in [1.29, 1.82) is 0 Å². The van der Waals surface area contributed by atoms with Crippen LogP contribution in [0.2, 0.25) is 0 Å². The zero-order valence-electron chi connectivity index (χ0n) is 19.5. The molecule has 0 saturated carbocycles. The number of carbonyl (C=O) groups is 1. The van der Waals surface area contributed by atoms with Crippen molar-refractivity contribution < 1.29 is 32.5 Å². The summed E-state index contributed by atoms with van der Waals surface area (Å²) in [6, 6.07) is 13.6. The van der Waals surface area contributed by atoms with Gasteiger partial charge in [0, 0.05) is 43.6 Å². The highest BCUT2D eigenvalue weighted by Crippen LogP contribution is 2.37. The first-order valence-corrected chi connectivity index (χ1v) is 11.5. The Kier molecular flexibility index (Phi) is 7.09. The molecule has 1 saturated heterocycles. The molecule has 1 fully saturated rings. The molecule has 0 bridgehead atoms. The van der Waals surface area contributed by atoms with Crippen molar-refractivity contribution in [2.24, 2.45) is 11.0 Å². The summed E-state index contributed by atoms with van der Waals surface area (Å²) < 4.78 is 51.5. The average Bonchev–Trinajstić information content (AvgIpc) is 3.16. The lowest BCUT2D eigenvalue weighted by molar-refractivity contribution is -0.137. The maximum Gasteiger partial charge on any atom is 0.431 e. The second-order valence-electron chi connectivity index (χ2n) is 8.78. The molecule has 0 amide bonds. The number of carboxylic acids is 1. The number of nitrogens with zero attached hydrogens (tertiary/aromatic N) is 3. The van der Waals surface area contributed by atoms with Crippen molar-refractivity contribution in [3.63, 3.8) is 0 Å². The Morgan fingerprint density at radius 1 is 1.09 bits per heavy atom. The lowest BCUT2D eigenvalue weighted by Gasteiger charge is -2.34. The standard InChI is InChI=1S/C25H28F3N3O4/c1-16-22(15-23(32)33)31(29-24(16)25(26,27)28)17-6-8-19(9-7-17)35-20-10-12-30(13-11-20)18-4-3-5-21(14-18)34-2/h3-9,14,16,20,22H,10-13,15H2,1-2H3,(H,32,33)/t16-,22-/m0/s1. The second-order valence-corrected chi connectivity index (χ2v) is 8.78. The first kappa shape index (κ1) is 24.7. The van der Waals surface area contributed by atoms with Crippen LogP contribution in [-0.4, -0.2) is 55.3 Å². The third-order valence-corrected chi connectivity index (χ3v) is 6.48. The fourth-order valence-corrected chi connectivity index (χ4v) is 4.59. The van der Waals surface area contributed by atoms with E-state index in [-0.39, 0.29) is 6.10 Å². The largest absolute Gasteiger partial charge is 0.497 e. The van der Waals surface area contributed by atoms with Gasteiger partial charge in [0.05, 0.1) is 25.3 Å². The predicted molar refractivity (Wildman–Crippen MR) is 126 cm³/mol. The molecule has 1 N–H and O–H groups in total. The first-order chi connectivity index (χ1) is 16.7. The molecule has 2 atom stereocenters. The van der Waals surface area contributed by atoms with Crippen LogP contribution in [0.1, 0.15) is 26.2 Å². The van der Waals surface area contributed by atoms with Crippen LogP contribution in [0.4, 0.5) is 24.5 Å². The third-order valence-electron chi connectivity index (χ3n) is 6.48. The summed E-state index contributed by atoms with van der Waals surface area (Å²) in [6.45, 7) is 3.01. The number of halogens is 3. The van der Waals surface area contributed by atoms with Crippen LogP contribution in [0.5, 0.6) is 11.5 Å². The van der Waals surface area contributed by atoms with Gasteiger partial charge in [0.2, 0.25) is 0 Å². The number of hydrogen-bond acceptors (Lipinski definition) is 6. The van der Waals surface area contributed by atoms with E-state index in [4.69, 9.17) is 9.47 Å². The van der Waals surface area contributed by atoms with Crippen molar-refractivity contribution >= 4 is 23.1 Å². The van der Waals surface area contributed by atoms with Crippen LogP contribution in [-0.2, 0) is 4.79 Å². The van der Waals surface area contributed by atoms with Crippen LogP contribution >= 0.6 is 0 Å². The number of methoxy groups -OCH3 is 1. The number of benzene rings is 2. The van der Waals surface area contributed by atoms with Crippen molar-refractivity contribution in [3.05, 3.63) is 48.5 Å². The summed E-state index contributed by atoms with van der Waals surface area (Å²) in [6.07, 6.45) is -3.41. The van der Waals surface area contributed by atoms with E-state index in [0.717, 1.165) is 42.4 Å². The Bertz CT molecular complexity index is 1070. The lowest BCUT2D eigenvalue weighted by Crippen LogP contribution is -2.38. The summed E-state index contributed by atoms with van der Waals surface area (Å²) in [5.41, 5.74) is 0.524. The molecule has 2 aromatic carbocycles. The van der Waals surface area contributed by atoms with Crippen molar-refractivity contribution in [2.45, 2.75) is 44.5 Å². The molecule has 10 heteroatoms. The molecular formula is C25H28F3N3O4. The van der Waals surface area contributed by atoms with Crippen molar-refractivity contribution in [1.82, 2.24) is 0 Å². The van der Waals surface area contributed by atoms with E-state index in [1.165, 1.54) is 6.92 Å². The number of carboxylic acid groups (broad SMARTS) is 1. The Labute approximate surface area is 201 Å². The number of ether oxygens (including phenoxy) is 2. The molecule has 35 heavy (non-hydrogen) atoms. The summed E-state index contributed by atoms with van der Waals surface area (Å²) in [5, 5.41) is 14.1. The molecule has 2 aliphatic heterocycles.